The highest BCUT2D eigenvalue weighted by atomic mass is 35.5. The first-order valence-corrected chi connectivity index (χ1v) is 16.6. The van der Waals surface area contributed by atoms with Crippen LogP contribution >= 0.6 is 22.3 Å². The van der Waals surface area contributed by atoms with E-state index in [9.17, 15) is 9.59 Å². The van der Waals surface area contributed by atoms with E-state index in [4.69, 9.17) is 16.3 Å². The molecule has 0 bridgehead atoms. The van der Waals surface area contributed by atoms with E-state index in [0.717, 1.165) is 37.6 Å². The molecule has 244 valence electrons. The van der Waals surface area contributed by atoms with Gasteiger partial charge in [-0.05, 0) is 66.9 Å². The van der Waals surface area contributed by atoms with Crippen molar-refractivity contribution in [3.05, 3.63) is 96.2 Å². The van der Waals surface area contributed by atoms with Gasteiger partial charge in [-0.3, -0.25) is 9.59 Å². The van der Waals surface area contributed by atoms with E-state index in [1.54, 1.807) is 32.4 Å². The van der Waals surface area contributed by atoms with Gasteiger partial charge in [0.1, 0.15) is 10.8 Å². The van der Waals surface area contributed by atoms with Gasteiger partial charge < -0.3 is 30.9 Å². The molecule has 13 heteroatoms. The fourth-order valence-corrected chi connectivity index (χ4v) is 7.09. The lowest BCUT2D eigenvalue weighted by Gasteiger charge is -2.37. The van der Waals surface area contributed by atoms with Crippen molar-refractivity contribution in [3.8, 4) is 5.75 Å². The number of piperazine rings is 1. The second-order valence-corrected chi connectivity index (χ2v) is 12.8. The summed E-state index contributed by atoms with van der Waals surface area (Å²) in [6, 6.07) is 21.1. The molecule has 2 amide bonds. The number of anilines is 6. The molecule has 0 saturated carbocycles. The molecule has 4 aromatic rings. The Hall–Kier alpha value is -4.91. The number of aromatic nitrogens is 2. The van der Waals surface area contributed by atoms with E-state index in [1.807, 2.05) is 30.3 Å². The number of nitrogens with zero attached hydrogens (tertiary/aromatic N) is 4. The van der Waals surface area contributed by atoms with Crippen molar-refractivity contribution in [1.82, 2.24) is 19.6 Å². The summed E-state index contributed by atoms with van der Waals surface area (Å²) in [5, 5.41) is 14.4. The van der Waals surface area contributed by atoms with Crippen molar-refractivity contribution in [2.24, 2.45) is 0 Å². The summed E-state index contributed by atoms with van der Waals surface area (Å²) in [7, 11) is 3.05. The topological polar surface area (TPSA) is 124 Å². The number of hydrogen-bond acceptors (Lipinski definition) is 9. The Bertz CT molecular complexity index is 1790. The third-order valence-electron chi connectivity index (χ3n) is 7.48. The zero-order chi connectivity index (χ0) is 33.3. The van der Waals surface area contributed by atoms with Crippen molar-refractivity contribution in [1.29, 1.82) is 0 Å². The first-order chi connectivity index (χ1) is 22.8. The molecule has 5 rings (SSSR count). The van der Waals surface area contributed by atoms with Gasteiger partial charge in [0.2, 0.25) is 11.9 Å². The van der Waals surface area contributed by atoms with Crippen LogP contribution in [0.1, 0.15) is 17.3 Å². The maximum absolute atomic E-state index is 12.3. The average molecular weight is 673 g/mol. The SMILES string of the molecule is C=CC(=O)Nc1ccc(/S(=C\C)N2CCN(c3ccc(Nc4ncc(Cl)c(Nc5ccccc5C(=O)NC)n4)c(OC)c3)CC2)cc1. The highest BCUT2D eigenvalue weighted by Crippen LogP contribution is 2.36. The zero-order valence-corrected chi connectivity index (χ0v) is 28.0. The van der Waals surface area contributed by atoms with E-state index in [1.165, 1.54) is 17.2 Å². The second-order valence-electron chi connectivity index (χ2n) is 10.3. The number of methoxy groups -OCH3 is 1. The Labute approximate surface area is 282 Å². The average Bonchev–Trinajstić information content (AvgIpc) is 3.11. The zero-order valence-electron chi connectivity index (χ0n) is 26.4. The summed E-state index contributed by atoms with van der Waals surface area (Å²) in [5.74, 6) is 0.862. The Morgan fingerprint density at radius 1 is 1.00 bits per heavy atom. The van der Waals surface area contributed by atoms with Crippen LogP contribution in [0.3, 0.4) is 0 Å². The Balaban J connectivity index is 1.25. The molecule has 1 aliphatic heterocycles. The van der Waals surface area contributed by atoms with Crippen molar-refractivity contribution in [3.63, 3.8) is 0 Å². The normalized spacial score (nSPS) is 13.8. The first-order valence-electron chi connectivity index (χ1n) is 14.9. The van der Waals surface area contributed by atoms with Gasteiger partial charge >= 0.3 is 0 Å². The predicted octanol–water partition coefficient (Wildman–Crippen LogP) is 6.30. The largest absolute Gasteiger partial charge is 0.494 e. The van der Waals surface area contributed by atoms with Gasteiger partial charge in [0.05, 0.1) is 30.2 Å². The number of amides is 2. The van der Waals surface area contributed by atoms with Gasteiger partial charge in [-0.1, -0.05) is 41.0 Å². The molecular formula is C34H37ClN8O3S. The van der Waals surface area contributed by atoms with E-state index in [0.29, 0.717) is 39.5 Å². The molecule has 1 fully saturated rings. The quantitative estimate of drug-likeness (QED) is 0.107. The van der Waals surface area contributed by atoms with Crippen LogP contribution in [0.2, 0.25) is 5.02 Å². The third-order valence-corrected chi connectivity index (χ3v) is 9.88. The van der Waals surface area contributed by atoms with Crippen LogP contribution in [0.4, 0.5) is 34.5 Å². The van der Waals surface area contributed by atoms with Gasteiger partial charge in [-0.15, -0.1) is 0 Å². The van der Waals surface area contributed by atoms with Crippen LogP contribution in [0.15, 0.2) is 90.5 Å². The lowest BCUT2D eigenvalue weighted by Crippen LogP contribution is -2.44. The number of rotatable bonds is 11. The molecule has 3 aromatic carbocycles. The molecule has 1 aromatic heterocycles. The van der Waals surface area contributed by atoms with Crippen molar-refractivity contribution in [2.45, 2.75) is 11.8 Å². The van der Waals surface area contributed by atoms with Crippen molar-refractivity contribution in [2.75, 3.05) is 61.2 Å². The van der Waals surface area contributed by atoms with Crippen LogP contribution in [0.25, 0.3) is 0 Å². The molecule has 4 N–H and O–H groups in total. The first kappa shape index (κ1) is 33.5. The number of ether oxygens (including phenoxy) is 1. The summed E-state index contributed by atoms with van der Waals surface area (Å²) in [6.45, 7) is 9.09. The fraction of sp³-hybridized carbons (Fsp3) is 0.206. The molecule has 0 spiro atoms. The molecule has 0 aliphatic carbocycles. The standard InChI is InChI=1S/C34H37ClN8O3S/c1-5-31(44)38-23-11-14-25(15-12-23)47(6-2)43-19-17-42(18-20-43)24-13-16-29(30(21-24)46-4)40-34-37-22-27(35)32(41-34)39-28-10-8-7-9-26(28)33(45)36-3/h5-16,21-22H,1,17-20H2,2-4H3,(H,36,45)(H,38,44)(H2,37,39,40,41). The number of carbonyl (C=O) groups is 2. The smallest absolute Gasteiger partial charge is 0.253 e. The monoisotopic (exact) mass is 672 g/mol. The van der Waals surface area contributed by atoms with E-state index in [2.05, 4.69) is 77.5 Å². The van der Waals surface area contributed by atoms with Crippen molar-refractivity contribution >= 4 is 74.0 Å². The number of benzene rings is 3. The summed E-state index contributed by atoms with van der Waals surface area (Å²) >= 11 is 6.41. The van der Waals surface area contributed by atoms with Gasteiger partial charge in [0.25, 0.3) is 5.91 Å². The summed E-state index contributed by atoms with van der Waals surface area (Å²) in [5.41, 5.74) is 3.53. The lowest BCUT2D eigenvalue weighted by atomic mass is 10.1. The number of para-hydroxylation sites is 1. The summed E-state index contributed by atoms with van der Waals surface area (Å²) in [4.78, 5) is 36.4. The maximum atomic E-state index is 12.3. The second kappa shape index (κ2) is 15.6. The molecule has 1 unspecified atom stereocenters. The van der Waals surface area contributed by atoms with Crippen LogP contribution < -0.4 is 30.9 Å². The predicted molar refractivity (Wildman–Crippen MR) is 193 cm³/mol. The minimum absolute atomic E-state index is 0.163. The maximum Gasteiger partial charge on any atom is 0.253 e. The number of carbonyl (C=O) groups excluding carboxylic acids is 2. The highest BCUT2D eigenvalue weighted by molar-refractivity contribution is 8.13. The van der Waals surface area contributed by atoms with Crippen molar-refractivity contribution < 1.29 is 14.3 Å². The molecule has 1 atom stereocenters. The molecule has 0 radical (unpaired) electrons. The van der Waals surface area contributed by atoms with Gasteiger partial charge in [0.15, 0.2) is 5.82 Å². The van der Waals surface area contributed by atoms with Crippen LogP contribution in [-0.4, -0.2) is 71.8 Å². The molecule has 1 saturated heterocycles. The third kappa shape index (κ3) is 8.09. The molecular weight excluding hydrogens is 636 g/mol. The Morgan fingerprint density at radius 2 is 1.74 bits per heavy atom. The van der Waals surface area contributed by atoms with Crippen LogP contribution in [0, 0.1) is 0 Å². The van der Waals surface area contributed by atoms with Gasteiger partial charge in [-0.25, -0.2) is 9.29 Å². The Morgan fingerprint density at radius 3 is 2.43 bits per heavy atom. The molecule has 11 nitrogen and oxygen atoms in total. The van der Waals surface area contributed by atoms with Crippen LogP contribution in [0.5, 0.6) is 5.75 Å². The van der Waals surface area contributed by atoms with Gasteiger partial charge in [-0.2, -0.15) is 4.98 Å². The number of hydrogen-bond donors (Lipinski definition) is 4. The minimum Gasteiger partial charge on any atom is -0.494 e. The van der Waals surface area contributed by atoms with E-state index in [-0.39, 0.29) is 22.5 Å². The van der Waals surface area contributed by atoms with Gasteiger partial charge in [0, 0.05) is 55.6 Å². The highest BCUT2D eigenvalue weighted by Gasteiger charge is 2.21. The number of halogens is 1. The lowest BCUT2D eigenvalue weighted by molar-refractivity contribution is -0.111. The Kier molecular flexibility index (Phi) is 11.1. The summed E-state index contributed by atoms with van der Waals surface area (Å²) in [6.07, 6.45) is 2.76. The summed E-state index contributed by atoms with van der Waals surface area (Å²) < 4.78 is 8.24. The molecule has 47 heavy (non-hydrogen) atoms. The minimum atomic E-state index is -0.228. The van der Waals surface area contributed by atoms with Crippen LogP contribution in [-0.2, 0) is 4.79 Å². The fourth-order valence-electron chi connectivity index (χ4n) is 5.12. The van der Waals surface area contributed by atoms with E-state index >= 15 is 0 Å². The number of nitrogens with one attached hydrogen (secondary N) is 4. The molecule has 1 aliphatic rings. The van der Waals surface area contributed by atoms with E-state index < -0.39 is 0 Å². The molecule has 2 heterocycles.